The molecule has 3 heterocycles. The highest BCUT2D eigenvalue weighted by atomic mass is 19.1. The second kappa shape index (κ2) is 5.28. The molecule has 1 N–H and O–H groups in total. The summed E-state index contributed by atoms with van der Waals surface area (Å²) in [5.74, 6) is -0.618. The second-order valence-corrected chi connectivity index (χ2v) is 4.64. The third-order valence-electron chi connectivity index (χ3n) is 3.29. The van der Waals surface area contributed by atoms with Crippen LogP contribution >= 0.6 is 0 Å². The highest BCUT2D eigenvalue weighted by Gasteiger charge is 2.06. The number of aliphatic imine (C=N–C) groups is 1. The molecule has 0 amide bonds. The molecule has 0 saturated heterocycles. The molecular formula is C16H13FN4. The fourth-order valence-corrected chi connectivity index (χ4v) is 2.17. The Balaban J connectivity index is 2.09. The van der Waals surface area contributed by atoms with E-state index < -0.39 is 5.95 Å². The van der Waals surface area contributed by atoms with Crippen LogP contribution in [0.5, 0.6) is 0 Å². The molecule has 3 aromatic rings. The first-order valence-corrected chi connectivity index (χ1v) is 6.42. The van der Waals surface area contributed by atoms with Crippen LogP contribution in [-0.4, -0.2) is 21.7 Å². The first-order valence-electron chi connectivity index (χ1n) is 6.42. The van der Waals surface area contributed by atoms with Crippen molar-refractivity contribution in [1.82, 2.24) is 15.0 Å². The van der Waals surface area contributed by atoms with Gasteiger partial charge in [0.15, 0.2) is 0 Å². The van der Waals surface area contributed by atoms with Gasteiger partial charge in [0.25, 0.3) is 0 Å². The Morgan fingerprint density at radius 1 is 1.29 bits per heavy atom. The molecule has 4 nitrogen and oxygen atoms in total. The summed E-state index contributed by atoms with van der Waals surface area (Å²) < 4.78 is 13.0. The van der Waals surface area contributed by atoms with Crippen molar-refractivity contribution in [2.45, 2.75) is 6.92 Å². The van der Waals surface area contributed by atoms with E-state index in [9.17, 15) is 4.39 Å². The third-order valence-corrected chi connectivity index (χ3v) is 3.29. The third kappa shape index (κ3) is 2.45. The van der Waals surface area contributed by atoms with Crippen molar-refractivity contribution in [3.05, 3.63) is 54.4 Å². The highest BCUT2D eigenvalue weighted by molar-refractivity contribution is 6.05. The molecule has 0 saturated carbocycles. The van der Waals surface area contributed by atoms with Gasteiger partial charge in [-0.2, -0.15) is 4.39 Å². The highest BCUT2D eigenvalue weighted by Crippen LogP contribution is 2.24. The molecule has 0 fully saturated rings. The molecule has 0 atom stereocenters. The molecule has 0 radical (unpaired) electrons. The van der Waals surface area contributed by atoms with Crippen LogP contribution < -0.4 is 0 Å². The smallest absolute Gasteiger partial charge is 0.212 e. The van der Waals surface area contributed by atoms with E-state index in [0.29, 0.717) is 0 Å². The molecule has 5 heteroatoms. The topological polar surface area (TPSA) is 53.9 Å². The minimum atomic E-state index is -0.618. The van der Waals surface area contributed by atoms with Crippen molar-refractivity contribution in [2.75, 3.05) is 0 Å². The lowest BCUT2D eigenvalue weighted by Crippen LogP contribution is -1.86. The van der Waals surface area contributed by atoms with Gasteiger partial charge in [-0.05, 0) is 43.5 Å². The number of nitrogens with zero attached hydrogens (tertiary/aromatic N) is 3. The zero-order valence-electron chi connectivity index (χ0n) is 11.5. The lowest BCUT2D eigenvalue weighted by Gasteiger charge is -1.99. The number of aromatic nitrogens is 3. The van der Waals surface area contributed by atoms with E-state index in [1.54, 1.807) is 12.3 Å². The van der Waals surface area contributed by atoms with Gasteiger partial charge in [0, 0.05) is 23.2 Å². The van der Waals surface area contributed by atoms with Gasteiger partial charge < -0.3 is 4.98 Å². The summed E-state index contributed by atoms with van der Waals surface area (Å²) in [5.41, 5.74) is 3.39. The second-order valence-electron chi connectivity index (χ2n) is 4.64. The molecular weight excluding hydrogens is 267 g/mol. The van der Waals surface area contributed by atoms with Gasteiger partial charge in [-0.3, -0.25) is 4.98 Å². The fourth-order valence-electron chi connectivity index (χ4n) is 2.17. The maximum Gasteiger partial charge on any atom is 0.212 e. The van der Waals surface area contributed by atoms with Crippen LogP contribution in [0.1, 0.15) is 12.6 Å². The number of rotatable bonds is 3. The van der Waals surface area contributed by atoms with Gasteiger partial charge in [-0.15, -0.1) is 0 Å². The molecule has 21 heavy (non-hydrogen) atoms. The van der Waals surface area contributed by atoms with Crippen LogP contribution in [-0.2, 0) is 0 Å². The predicted molar refractivity (Wildman–Crippen MR) is 83.8 cm³/mol. The number of fused-ring (bicyclic) bond motifs is 3. The summed E-state index contributed by atoms with van der Waals surface area (Å²) in [6.45, 7) is 4.99. The molecule has 3 aromatic heterocycles. The Morgan fingerprint density at radius 3 is 2.95 bits per heavy atom. The Morgan fingerprint density at radius 2 is 2.14 bits per heavy atom. The van der Waals surface area contributed by atoms with E-state index in [1.165, 1.54) is 6.08 Å². The Labute approximate surface area is 120 Å². The van der Waals surface area contributed by atoms with Crippen molar-refractivity contribution < 1.29 is 4.39 Å². The number of pyridine rings is 2. The van der Waals surface area contributed by atoms with Crippen molar-refractivity contribution in [3.63, 3.8) is 0 Å². The summed E-state index contributed by atoms with van der Waals surface area (Å²) in [6, 6.07) is 5.80. The number of aromatic amines is 1. The van der Waals surface area contributed by atoms with E-state index in [0.717, 1.165) is 33.2 Å². The van der Waals surface area contributed by atoms with E-state index in [-0.39, 0.29) is 0 Å². The first-order chi connectivity index (χ1) is 10.2. The number of allylic oxidation sites excluding steroid dienone is 3. The van der Waals surface area contributed by atoms with Gasteiger partial charge in [0.1, 0.15) is 5.65 Å². The lowest BCUT2D eigenvalue weighted by molar-refractivity contribution is 0.630. The van der Waals surface area contributed by atoms with Gasteiger partial charge in [0.2, 0.25) is 5.95 Å². The summed E-state index contributed by atoms with van der Waals surface area (Å²) in [4.78, 5) is 15.1. The van der Waals surface area contributed by atoms with Crippen molar-refractivity contribution in [3.8, 4) is 0 Å². The average molecular weight is 280 g/mol. The molecule has 0 aliphatic heterocycles. The normalized spacial score (nSPS) is 13.0. The number of hydrogen-bond donors (Lipinski definition) is 1. The first kappa shape index (κ1) is 13.2. The Kier molecular flexibility index (Phi) is 3.31. The van der Waals surface area contributed by atoms with E-state index in [1.807, 2.05) is 31.3 Å². The molecule has 0 unspecified atom stereocenters. The van der Waals surface area contributed by atoms with E-state index in [4.69, 9.17) is 0 Å². The Bertz CT molecular complexity index is 890. The number of halogens is 1. The maximum absolute atomic E-state index is 13.0. The van der Waals surface area contributed by atoms with Crippen LogP contribution in [0.25, 0.3) is 27.5 Å². The summed E-state index contributed by atoms with van der Waals surface area (Å²) in [7, 11) is 0. The average Bonchev–Trinajstić information content (AvgIpc) is 2.89. The summed E-state index contributed by atoms with van der Waals surface area (Å²) in [6.07, 6.45) is 6.44. The predicted octanol–water partition coefficient (Wildman–Crippen LogP) is 4.03. The van der Waals surface area contributed by atoms with Gasteiger partial charge in [0.05, 0.1) is 11.2 Å². The largest absolute Gasteiger partial charge is 0.339 e. The van der Waals surface area contributed by atoms with Crippen molar-refractivity contribution in [2.24, 2.45) is 4.99 Å². The number of nitrogens with one attached hydrogen (secondary N) is 1. The molecule has 0 spiro atoms. The molecule has 3 rings (SSSR count). The van der Waals surface area contributed by atoms with Crippen molar-refractivity contribution >= 4 is 34.2 Å². The molecule has 104 valence electrons. The summed E-state index contributed by atoms with van der Waals surface area (Å²) >= 11 is 0. The SMILES string of the molecule is C=N/C(F)=C\C=C(/C)c1ccc2c(n1)[nH]c1ccncc12. The minimum absolute atomic E-state index is 0.618. The zero-order chi connectivity index (χ0) is 14.8. The van der Waals surface area contributed by atoms with Crippen LogP contribution in [0.4, 0.5) is 4.39 Å². The molecule has 0 aliphatic rings. The number of hydrogen-bond acceptors (Lipinski definition) is 3. The van der Waals surface area contributed by atoms with Crippen LogP contribution in [0.15, 0.2) is 53.7 Å². The van der Waals surface area contributed by atoms with E-state index >= 15 is 0 Å². The number of H-pyrrole nitrogens is 1. The van der Waals surface area contributed by atoms with Crippen LogP contribution in [0, 0.1) is 0 Å². The minimum Gasteiger partial charge on any atom is -0.339 e. The Hall–Kier alpha value is -2.82. The quantitative estimate of drug-likeness (QED) is 0.447. The van der Waals surface area contributed by atoms with Gasteiger partial charge in [-0.1, -0.05) is 6.08 Å². The van der Waals surface area contributed by atoms with Gasteiger partial charge >= 0.3 is 0 Å². The van der Waals surface area contributed by atoms with Crippen LogP contribution in [0.2, 0.25) is 0 Å². The molecule has 0 bridgehead atoms. The molecule has 0 aromatic carbocycles. The standard InChI is InChI=1S/C16H13FN4/c1-10(3-6-15(17)18-2)13-5-4-11-12-9-19-8-7-14(12)21-16(11)20-13/h3-9H,2H2,1H3,(H,20,21)/b10-3+,15-6-. The maximum atomic E-state index is 13.0. The lowest BCUT2D eigenvalue weighted by atomic mass is 10.1. The van der Waals surface area contributed by atoms with Crippen molar-refractivity contribution in [1.29, 1.82) is 0 Å². The fraction of sp³-hybridized carbons (Fsp3) is 0.0625. The summed E-state index contributed by atoms with van der Waals surface area (Å²) in [5, 5.41) is 2.05. The zero-order valence-corrected chi connectivity index (χ0v) is 11.5. The van der Waals surface area contributed by atoms with E-state index in [2.05, 4.69) is 26.7 Å². The monoisotopic (exact) mass is 280 g/mol. The van der Waals surface area contributed by atoms with Gasteiger partial charge in [-0.25, -0.2) is 9.98 Å². The van der Waals surface area contributed by atoms with Crippen LogP contribution in [0.3, 0.4) is 0 Å². The molecule has 0 aliphatic carbocycles.